The smallest absolute Gasteiger partial charge is 0.276 e. The Hall–Kier alpha value is -3.54. The molecule has 0 radical (unpaired) electrons. The summed E-state index contributed by atoms with van der Waals surface area (Å²) in [5.74, 6) is 0.660. The third kappa shape index (κ3) is 5.98. The molecule has 6 nitrogen and oxygen atoms in total. The molecule has 6 heteroatoms. The van der Waals surface area contributed by atoms with Gasteiger partial charge in [-0.2, -0.15) is 0 Å². The summed E-state index contributed by atoms with van der Waals surface area (Å²) < 4.78 is 11.2. The van der Waals surface area contributed by atoms with Crippen LogP contribution < -0.4 is 20.3 Å². The zero-order valence-electron chi connectivity index (χ0n) is 17.2. The highest BCUT2D eigenvalue weighted by Gasteiger charge is 2.13. The van der Waals surface area contributed by atoms with Crippen LogP contribution in [0.15, 0.2) is 66.7 Å². The molecule has 0 aliphatic carbocycles. The molecule has 0 saturated carbocycles. The van der Waals surface area contributed by atoms with Crippen molar-refractivity contribution in [3.8, 4) is 11.5 Å². The average Bonchev–Trinajstić information content (AvgIpc) is 2.76. The molecule has 156 valence electrons. The van der Waals surface area contributed by atoms with Crippen molar-refractivity contribution in [3.05, 3.63) is 72.3 Å². The maximum atomic E-state index is 12.4. The summed E-state index contributed by atoms with van der Waals surface area (Å²) in [6, 6.07) is 20.4. The largest absolute Gasteiger partial charge is 0.493 e. The van der Waals surface area contributed by atoms with Gasteiger partial charge < -0.3 is 9.47 Å². The maximum Gasteiger partial charge on any atom is 0.276 e. The number of nitrogens with one attached hydrogen (secondary N) is 2. The summed E-state index contributed by atoms with van der Waals surface area (Å²) in [4.78, 5) is 24.5. The van der Waals surface area contributed by atoms with Crippen LogP contribution in [0.25, 0.3) is 10.8 Å². The molecule has 0 bridgehead atoms. The lowest BCUT2D eigenvalue weighted by atomic mass is 10.1. The van der Waals surface area contributed by atoms with E-state index < -0.39 is 11.8 Å². The van der Waals surface area contributed by atoms with Crippen LogP contribution in [0.4, 0.5) is 0 Å². The quantitative estimate of drug-likeness (QED) is 0.552. The summed E-state index contributed by atoms with van der Waals surface area (Å²) in [7, 11) is 0. The molecule has 3 rings (SSSR count). The number of benzene rings is 3. The van der Waals surface area contributed by atoms with E-state index in [4.69, 9.17) is 9.47 Å². The van der Waals surface area contributed by atoms with Gasteiger partial charge in [0.2, 0.25) is 0 Å². The highest BCUT2D eigenvalue weighted by molar-refractivity contribution is 5.97. The predicted molar refractivity (Wildman–Crippen MR) is 116 cm³/mol. The zero-order chi connectivity index (χ0) is 21.3. The Morgan fingerprint density at radius 2 is 1.60 bits per heavy atom. The molecule has 0 fully saturated rings. The van der Waals surface area contributed by atoms with E-state index in [2.05, 4.69) is 24.7 Å². The average molecular weight is 406 g/mol. The molecule has 0 aliphatic heterocycles. The van der Waals surface area contributed by atoms with Crippen molar-refractivity contribution in [2.24, 2.45) is 5.92 Å². The second kappa shape index (κ2) is 10.3. The number of hydrogen-bond donors (Lipinski definition) is 2. The summed E-state index contributed by atoms with van der Waals surface area (Å²) in [5, 5.41) is 2.12. The number of hydrogen-bond acceptors (Lipinski definition) is 4. The third-order valence-electron chi connectivity index (χ3n) is 4.49. The molecule has 0 heterocycles. The number of para-hydroxylation sites is 1. The van der Waals surface area contributed by atoms with Crippen LogP contribution in [0.2, 0.25) is 0 Å². The van der Waals surface area contributed by atoms with Crippen molar-refractivity contribution in [2.75, 3.05) is 13.2 Å². The van der Waals surface area contributed by atoms with Crippen molar-refractivity contribution in [3.63, 3.8) is 0 Å². The molecule has 3 aromatic carbocycles. The summed E-state index contributed by atoms with van der Waals surface area (Å²) >= 11 is 0. The van der Waals surface area contributed by atoms with Crippen molar-refractivity contribution < 1.29 is 19.1 Å². The first-order chi connectivity index (χ1) is 14.5. The Kier molecular flexibility index (Phi) is 7.27. The van der Waals surface area contributed by atoms with Gasteiger partial charge in [0.25, 0.3) is 11.8 Å². The molecule has 2 amide bonds. The molecular weight excluding hydrogens is 380 g/mol. The first kappa shape index (κ1) is 21.2. The molecule has 0 unspecified atom stereocenters. The topological polar surface area (TPSA) is 76.7 Å². The summed E-state index contributed by atoms with van der Waals surface area (Å²) in [6.45, 7) is 4.52. The molecule has 2 N–H and O–H groups in total. The van der Waals surface area contributed by atoms with Crippen LogP contribution in [-0.4, -0.2) is 25.0 Å². The van der Waals surface area contributed by atoms with Gasteiger partial charge in [-0.05, 0) is 47.4 Å². The minimum absolute atomic E-state index is 0.217. The molecule has 3 aromatic rings. The van der Waals surface area contributed by atoms with Crippen molar-refractivity contribution in [2.45, 2.75) is 20.3 Å². The Balaban J connectivity index is 1.50. The van der Waals surface area contributed by atoms with Crippen LogP contribution in [0, 0.1) is 5.92 Å². The highest BCUT2D eigenvalue weighted by atomic mass is 16.5. The predicted octanol–water partition coefficient (Wildman–Crippen LogP) is 4.10. The standard InChI is InChI=1S/C24H26N2O4/c1-17(2)13-14-29-22-10-6-5-9-21(22)24(28)26-25-23(27)16-30-20-12-11-18-7-3-4-8-19(18)15-20/h3-12,15,17H,13-14,16H2,1-2H3,(H,25,27)(H,26,28). The Bertz CT molecular complexity index is 1020. The number of fused-ring (bicyclic) bond motifs is 1. The lowest BCUT2D eigenvalue weighted by Gasteiger charge is -2.13. The Morgan fingerprint density at radius 1 is 0.867 bits per heavy atom. The van der Waals surface area contributed by atoms with E-state index >= 15 is 0 Å². The number of rotatable bonds is 8. The van der Waals surface area contributed by atoms with E-state index in [1.807, 2.05) is 36.4 Å². The molecular formula is C24H26N2O4. The molecule has 0 spiro atoms. The Morgan fingerprint density at radius 3 is 2.40 bits per heavy atom. The molecule has 0 aromatic heterocycles. The first-order valence-electron chi connectivity index (χ1n) is 9.95. The van der Waals surface area contributed by atoms with Gasteiger partial charge in [0.05, 0.1) is 12.2 Å². The fourth-order valence-electron chi connectivity index (χ4n) is 2.82. The van der Waals surface area contributed by atoms with E-state index in [9.17, 15) is 9.59 Å². The minimum Gasteiger partial charge on any atom is -0.493 e. The van der Waals surface area contributed by atoms with Crippen LogP contribution in [0.5, 0.6) is 11.5 Å². The van der Waals surface area contributed by atoms with Gasteiger partial charge >= 0.3 is 0 Å². The Labute approximate surface area is 176 Å². The van der Waals surface area contributed by atoms with Crippen LogP contribution in [0.3, 0.4) is 0 Å². The summed E-state index contributed by atoms with van der Waals surface area (Å²) in [5.41, 5.74) is 5.13. The number of amides is 2. The van der Waals surface area contributed by atoms with Crippen molar-refractivity contribution in [1.82, 2.24) is 10.9 Å². The second-order valence-electron chi connectivity index (χ2n) is 7.33. The lowest BCUT2D eigenvalue weighted by Crippen LogP contribution is -2.43. The van der Waals surface area contributed by atoms with Crippen molar-refractivity contribution >= 4 is 22.6 Å². The van der Waals surface area contributed by atoms with E-state index in [-0.39, 0.29) is 6.61 Å². The maximum absolute atomic E-state index is 12.4. The minimum atomic E-state index is -0.463. The number of ether oxygens (including phenoxy) is 2. The SMILES string of the molecule is CC(C)CCOc1ccccc1C(=O)NNC(=O)COc1ccc2ccccc2c1. The highest BCUT2D eigenvalue weighted by Crippen LogP contribution is 2.20. The van der Waals surface area contributed by atoms with Crippen LogP contribution in [0.1, 0.15) is 30.6 Å². The monoisotopic (exact) mass is 406 g/mol. The van der Waals surface area contributed by atoms with E-state index in [1.54, 1.807) is 30.3 Å². The third-order valence-corrected chi connectivity index (χ3v) is 4.49. The van der Waals surface area contributed by atoms with Crippen molar-refractivity contribution in [1.29, 1.82) is 0 Å². The molecule has 0 atom stereocenters. The van der Waals surface area contributed by atoms with Gasteiger partial charge in [-0.3, -0.25) is 20.4 Å². The van der Waals surface area contributed by atoms with Gasteiger partial charge in [-0.1, -0.05) is 56.3 Å². The summed E-state index contributed by atoms with van der Waals surface area (Å²) in [6.07, 6.45) is 0.888. The zero-order valence-corrected chi connectivity index (χ0v) is 17.2. The van der Waals surface area contributed by atoms with Crippen LogP contribution >= 0.6 is 0 Å². The fraction of sp³-hybridized carbons (Fsp3) is 0.250. The van der Waals surface area contributed by atoms with E-state index in [0.717, 1.165) is 17.2 Å². The molecule has 0 saturated heterocycles. The number of carbonyl (C=O) groups is 2. The molecule has 30 heavy (non-hydrogen) atoms. The van der Waals surface area contributed by atoms with Gasteiger partial charge in [0.15, 0.2) is 6.61 Å². The van der Waals surface area contributed by atoms with Gasteiger partial charge in [0.1, 0.15) is 11.5 Å². The number of hydrazine groups is 1. The normalized spacial score (nSPS) is 10.6. The lowest BCUT2D eigenvalue weighted by molar-refractivity contribution is -0.123. The number of carbonyl (C=O) groups excluding carboxylic acids is 2. The van der Waals surface area contributed by atoms with Crippen LogP contribution in [-0.2, 0) is 4.79 Å². The van der Waals surface area contributed by atoms with E-state index in [1.165, 1.54) is 0 Å². The van der Waals surface area contributed by atoms with E-state index in [0.29, 0.717) is 29.6 Å². The fourth-order valence-corrected chi connectivity index (χ4v) is 2.82. The molecule has 0 aliphatic rings. The first-order valence-corrected chi connectivity index (χ1v) is 9.95. The van der Waals surface area contributed by atoms with Gasteiger partial charge in [-0.15, -0.1) is 0 Å². The van der Waals surface area contributed by atoms with Gasteiger partial charge in [0, 0.05) is 0 Å². The second-order valence-corrected chi connectivity index (χ2v) is 7.33. The van der Waals surface area contributed by atoms with Gasteiger partial charge in [-0.25, -0.2) is 0 Å².